The Morgan fingerprint density at radius 3 is 2.47 bits per heavy atom. The third-order valence-electron chi connectivity index (χ3n) is 2.52. The monoisotopic (exact) mass is 203 g/mol. The predicted octanol–water partition coefficient (Wildman–Crippen LogP) is 2.57. The number of hydrogen-bond donors (Lipinski definition) is 0. The standard InChI is InChI=1S/C12H17N3/c1-9-7-15-8-11(12(2,3)4)14-6-10(15)5-13-9/h5-8,10H,1-4H3. The fourth-order valence-electron chi connectivity index (χ4n) is 1.56. The van der Waals surface area contributed by atoms with Crippen molar-refractivity contribution in [1.29, 1.82) is 0 Å². The van der Waals surface area contributed by atoms with Gasteiger partial charge >= 0.3 is 0 Å². The molecule has 3 nitrogen and oxygen atoms in total. The van der Waals surface area contributed by atoms with Crippen LogP contribution in [0.2, 0.25) is 0 Å². The largest absolute Gasteiger partial charge is 0.337 e. The van der Waals surface area contributed by atoms with Gasteiger partial charge in [-0.3, -0.25) is 9.98 Å². The number of allylic oxidation sites excluding steroid dienone is 2. The van der Waals surface area contributed by atoms with Gasteiger partial charge in [0.1, 0.15) is 6.04 Å². The second-order valence-corrected chi connectivity index (χ2v) is 5.03. The second kappa shape index (κ2) is 3.33. The molecule has 2 aliphatic heterocycles. The summed E-state index contributed by atoms with van der Waals surface area (Å²) in [5.41, 5.74) is 2.24. The van der Waals surface area contributed by atoms with E-state index in [9.17, 15) is 0 Å². The first-order chi connectivity index (χ1) is 6.97. The van der Waals surface area contributed by atoms with Crippen LogP contribution in [0.25, 0.3) is 0 Å². The molecular weight excluding hydrogens is 186 g/mol. The lowest BCUT2D eigenvalue weighted by molar-refractivity contribution is 0.445. The minimum Gasteiger partial charge on any atom is -0.337 e. The van der Waals surface area contributed by atoms with Gasteiger partial charge in [0.2, 0.25) is 0 Å². The van der Waals surface area contributed by atoms with Crippen molar-refractivity contribution < 1.29 is 0 Å². The zero-order valence-corrected chi connectivity index (χ0v) is 9.73. The molecule has 3 heteroatoms. The Morgan fingerprint density at radius 1 is 1.13 bits per heavy atom. The van der Waals surface area contributed by atoms with Gasteiger partial charge in [-0.1, -0.05) is 20.8 Å². The van der Waals surface area contributed by atoms with Crippen molar-refractivity contribution in [3.63, 3.8) is 0 Å². The number of rotatable bonds is 0. The fraction of sp³-hybridized carbons (Fsp3) is 0.500. The number of nitrogens with zero attached hydrogens (tertiary/aromatic N) is 3. The minimum atomic E-state index is 0.0950. The van der Waals surface area contributed by atoms with Crippen LogP contribution in [0.15, 0.2) is 33.8 Å². The van der Waals surface area contributed by atoms with Crippen LogP contribution in [0.4, 0.5) is 0 Å². The summed E-state index contributed by atoms with van der Waals surface area (Å²) >= 11 is 0. The topological polar surface area (TPSA) is 28.0 Å². The van der Waals surface area contributed by atoms with Gasteiger partial charge in [0.15, 0.2) is 0 Å². The summed E-state index contributed by atoms with van der Waals surface area (Å²) < 4.78 is 0. The molecule has 0 amide bonds. The van der Waals surface area contributed by atoms with Gasteiger partial charge in [-0.05, 0) is 6.92 Å². The molecule has 0 N–H and O–H groups in total. The predicted molar refractivity (Wildman–Crippen MR) is 63.9 cm³/mol. The zero-order valence-electron chi connectivity index (χ0n) is 9.73. The normalized spacial score (nSPS) is 24.8. The molecule has 1 unspecified atom stereocenters. The fourth-order valence-corrected chi connectivity index (χ4v) is 1.56. The van der Waals surface area contributed by atoms with Crippen LogP contribution in [0.1, 0.15) is 27.7 Å². The first-order valence-electron chi connectivity index (χ1n) is 5.23. The quantitative estimate of drug-likeness (QED) is 0.594. The van der Waals surface area contributed by atoms with Crippen molar-refractivity contribution in [2.45, 2.75) is 33.7 Å². The smallest absolute Gasteiger partial charge is 0.104 e. The van der Waals surface area contributed by atoms with Crippen molar-refractivity contribution in [2.24, 2.45) is 15.4 Å². The summed E-state index contributed by atoms with van der Waals surface area (Å²) in [6.45, 7) is 8.52. The van der Waals surface area contributed by atoms with Crippen LogP contribution in [0.5, 0.6) is 0 Å². The molecular formula is C12H17N3. The maximum atomic E-state index is 4.48. The molecule has 0 saturated carbocycles. The maximum absolute atomic E-state index is 4.48. The number of aliphatic imine (C=N–C) groups is 2. The van der Waals surface area contributed by atoms with E-state index in [0.29, 0.717) is 0 Å². The molecule has 1 atom stereocenters. The molecule has 0 bridgehead atoms. The second-order valence-electron chi connectivity index (χ2n) is 5.03. The summed E-state index contributed by atoms with van der Waals surface area (Å²) in [6, 6.07) is 0.194. The van der Waals surface area contributed by atoms with E-state index >= 15 is 0 Å². The summed E-state index contributed by atoms with van der Waals surface area (Å²) in [6.07, 6.45) is 8.04. The van der Waals surface area contributed by atoms with Crippen molar-refractivity contribution in [3.8, 4) is 0 Å². The average Bonchev–Trinajstić information content (AvgIpc) is 2.15. The van der Waals surface area contributed by atoms with E-state index in [2.05, 4.69) is 48.1 Å². The van der Waals surface area contributed by atoms with Crippen LogP contribution in [-0.4, -0.2) is 23.4 Å². The van der Waals surface area contributed by atoms with E-state index in [1.807, 2.05) is 19.4 Å². The number of fused-ring (bicyclic) bond motifs is 1. The summed E-state index contributed by atoms with van der Waals surface area (Å²) in [5.74, 6) is 0. The summed E-state index contributed by atoms with van der Waals surface area (Å²) in [4.78, 5) is 10.9. The molecule has 2 rings (SSSR count). The van der Waals surface area contributed by atoms with Crippen LogP contribution >= 0.6 is 0 Å². The Labute approximate surface area is 90.9 Å². The highest BCUT2D eigenvalue weighted by atomic mass is 15.2. The van der Waals surface area contributed by atoms with Gasteiger partial charge in [0.05, 0.1) is 11.4 Å². The lowest BCUT2D eigenvalue weighted by atomic mass is 9.92. The van der Waals surface area contributed by atoms with Gasteiger partial charge in [-0.25, -0.2) is 0 Å². The van der Waals surface area contributed by atoms with E-state index in [4.69, 9.17) is 0 Å². The van der Waals surface area contributed by atoms with Gasteiger partial charge in [-0.15, -0.1) is 0 Å². The van der Waals surface area contributed by atoms with Gasteiger partial charge in [-0.2, -0.15) is 0 Å². The van der Waals surface area contributed by atoms with E-state index in [1.165, 1.54) is 0 Å². The van der Waals surface area contributed by atoms with Crippen LogP contribution in [-0.2, 0) is 0 Å². The van der Waals surface area contributed by atoms with Crippen molar-refractivity contribution in [2.75, 3.05) is 0 Å². The van der Waals surface area contributed by atoms with Crippen molar-refractivity contribution >= 4 is 12.4 Å². The van der Waals surface area contributed by atoms with Crippen LogP contribution < -0.4 is 0 Å². The number of hydrogen-bond acceptors (Lipinski definition) is 3. The molecule has 2 aliphatic rings. The molecule has 0 radical (unpaired) electrons. The molecule has 2 heterocycles. The van der Waals surface area contributed by atoms with E-state index in [-0.39, 0.29) is 11.5 Å². The SMILES string of the molecule is CC1=CN2C=C(C(C)(C)C)N=CC2C=N1. The van der Waals surface area contributed by atoms with Gasteiger partial charge < -0.3 is 4.90 Å². The van der Waals surface area contributed by atoms with Gasteiger partial charge in [0, 0.05) is 30.2 Å². The van der Waals surface area contributed by atoms with Crippen LogP contribution in [0.3, 0.4) is 0 Å². The van der Waals surface area contributed by atoms with Crippen molar-refractivity contribution in [3.05, 3.63) is 23.8 Å². The van der Waals surface area contributed by atoms with Crippen LogP contribution in [0, 0.1) is 5.41 Å². The third-order valence-corrected chi connectivity index (χ3v) is 2.52. The highest BCUT2D eigenvalue weighted by Crippen LogP contribution is 2.29. The Balaban J connectivity index is 2.29. The Hall–Kier alpha value is -1.38. The highest BCUT2D eigenvalue weighted by Gasteiger charge is 2.24. The molecule has 0 aromatic carbocycles. The molecule has 0 aromatic heterocycles. The molecule has 15 heavy (non-hydrogen) atoms. The molecule has 80 valence electrons. The molecule has 0 spiro atoms. The Bertz CT molecular complexity index is 380. The Morgan fingerprint density at radius 2 is 1.80 bits per heavy atom. The van der Waals surface area contributed by atoms with E-state index < -0.39 is 0 Å². The first-order valence-corrected chi connectivity index (χ1v) is 5.23. The summed E-state index contributed by atoms with van der Waals surface area (Å²) in [7, 11) is 0. The van der Waals surface area contributed by atoms with E-state index in [1.54, 1.807) is 0 Å². The minimum absolute atomic E-state index is 0.0950. The first kappa shape index (κ1) is 10.1. The lowest BCUT2D eigenvalue weighted by Crippen LogP contribution is -2.35. The average molecular weight is 203 g/mol. The molecule has 0 saturated heterocycles. The van der Waals surface area contributed by atoms with Crippen molar-refractivity contribution in [1.82, 2.24) is 4.90 Å². The summed E-state index contributed by atoms with van der Waals surface area (Å²) in [5, 5.41) is 0. The highest BCUT2D eigenvalue weighted by molar-refractivity contribution is 5.90. The maximum Gasteiger partial charge on any atom is 0.104 e. The third kappa shape index (κ3) is 2.01. The molecule has 0 aliphatic carbocycles. The lowest BCUT2D eigenvalue weighted by Gasteiger charge is -2.31. The molecule has 0 aromatic rings. The Kier molecular flexibility index (Phi) is 2.25. The zero-order chi connectivity index (χ0) is 11.1. The molecule has 0 fully saturated rings. The van der Waals surface area contributed by atoms with E-state index in [0.717, 1.165) is 11.4 Å². The van der Waals surface area contributed by atoms with Gasteiger partial charge in [0.25, 0.3) is 0 Å².